The number of nitrogens with two attached hydrogens (primary N) is 1. The van der Waals surface area contributed by atoms with E-state index in [0.29, 0.717) is 18.5 Å². The van der Waals surface area contributed by atoms with Crippen LogP contribution in [0.3, 0.4) is 0 Å². The Labute approximate surface area is 136 Å². The van der Waals surface area contributed by atoms with E-state index < -0.39 is 0 Å². The van der Waals surface area contributed by atoms with Crippen LogP contribution in [0.1, 0.15) is 17.7 Å². The molecule has 0 spiro atoms. The number of aliphatic imine (C=N–C) groups is 1. The molecule has 0 radical (unpaired) electrons. The van der Waals surface area contributed by atoms with E-state index >= 15 is 0 Å². The number of anilines is 1. The fraction of sp³-hybridized carbons (Fsp3) is 0.583. The van der Waals surface area contributed by atoms with Gasteiger partial charge in [0.1, 0.15) is 11.6 Å². The average molecular weight is 391 g/mol. The van der Waals surface area contributed by atoms with Crippen molar-refractivity contribution in [3.05, 3.63) is 11.3 Å². The number of halogens is 1. The van der Waals surface area contributed by atoms with Crippen LogP contribution in [-0.2, 0) is 6.42 Å². The highest BCUT2D eigenvalue weighted by atomic mass is 127. The first kappa shape index (κ1) is 18.5. The highest BCUT2D eigenvalue weighted by molar-refractivity contribution is 14.0. The van der Waals surface area contributed by atoms with Gasteiger partial charge >= 0.3 is 0 Å². The molecule has 1 aromatic heterocycles. The number of guanidine groups is 1. The van der Waals surface area contributed by atoms with E-state index in [9.17, 15) is 0 Å². The van der Waals surface area contributed by atoms with Crippen molar-refractivity contribution in [3.8, 4) is 6.07 Å². The molecule has 0 aliphatic carbocycles. The van der Waals surface area contributed by atoms with E-state index in [1.807, 2.05) is 38.0 Å². The second-order valence-electron chi connectivity index (χ2n) is 4.65. The Morgan fingerprint density at radius 1 is 1.35 bits per heavy atom. The number of aromatic nitrogens is 2. The first-order chi connectivity index (χ1) is 8.97. The van der Waals surface area contributed by atoms with Gasteiger partial charge in [-0.25, -0.2) is 0 Å². The van der Waals surface area contributed by atoms with E-state index in [1.54, 1.807) is 0 Å². The first-order valence-corrected chi connectivity index (χ1v) is 6.09. The predicted molar refractivity (Wildman–Crippen MR) is 91.1 cm³/mol. The third kappa shape index (κ3) is 4.88. The first-order valence-electron chi connectivity index (χ1n) is 6.09. The maximum Gasteiger partial charge on any atom is 0.195 e. The van der Waals surface area contributed by atoms with Crippen molar-refractivity contribution in [2.45, 2.75) is 12.8 Å². The molecule has 0 saturated carbocycles. The molecule has 7 nitrogen and oxygen atoms in total. The molecule has 8 heteroatoms. The molecule has 0 aromatic carbocycles. The molecular weight excluding hydrogens is 369 g/mol. The minimum Gasteiger partial charge on any atom is -0.381 e. The van der Waals surface area contributed by atoms with Gasteiger partial charge in [-0.15, -0.1) is 24.0 Å². The molecule has 3 N–H and O–H groups in total. The molecule has 0 aliphatic heterocycles. The van der Waals surface area contributed by atoms with Gasteiger partial charge in [0, 0.05) is 34.7 Å². The van der Waals surface area contributed by atoms with Crippen LogP contribution in [0.15, 0.2) is 4.99 Å². The zero-order chi connectivity index (χ0) is 14.4. The lowest BCUT2D eigenvalue weighted by atomic mass is 10.1. The Balaban J connectivity index is 0.00000361. The van der Waals surface area contributed by atoms with Crippen molar-refractivity contribution in [1.29, 1.82) is 5.26 Å². The number of nitrogens with one attached hydrogen (secondary N) is 1. The molecule has 1 rings (SSSR count). The maximum atomic E-state index is 8.95. The lowest BCUT2D eigenvalue weighted by molar-refractivity contribution is 0.479. The average Bonchev–Trinajstić information content (AvgIpc) is 2.68. The standard InChI is InChI=1S/C12H21N7.HI/c1-18(2)12(19(3)4)15-7-5-6-10-9(8-13)11(14)17-16-10;/h5-7H2,1-4H3,(H3,14,16,17);1H. The van der Waals surface area contributed by atoms with Crippen molar-refractivity contribution < 1.29 is 0 Å². The maximum absolute atomic E-state index is 8.95. The van der Waals surface area contributed by atoms with Crippen molar-refractivity contribution in [2.75, 3.05) is 40.5 Å². The fourth-order valence-corrected chi connectivity index (χ4v) is 1.82. The Kier molecular flexibility index (Phi) is 7.98. The molecule has 0 amide bonds. The summed E-state index contributed by atoms with van der Waals surface area (Å²) < 4.78 is 0. The van der Waals surface area contributed by atoms with Crippen molar-refractivity contribution >= 4 is 35.8 Å². The molecule has 1 heterocycles. The highest BCUT2D eigenvalue weighted by Gasteiger charge is 2.09. The normalized spacial score (nSPS) is 9.35. The van der Waals surface area contributed by atoms with Crippen LogP contribution in [0.25, 0.3) is 0 Å². The van der Waals surface area contributed by atoms with Crippen LogP contribution < -0.4 is 5.73 Å². The van der Waals surface area contributed by atoms with E-state index in [1.165, 1.54) is 0 Å². The number of aromatic amines is 1. The number of hydrogen-bond donors (Lipinski definition) is 2. The van der Waals surface area contributed by atoms with Crippen molar-refractivity contribution in [1.82, 2.24) is 20.0 Å². The van der Waals surface area contributed by atoms with Gasteiger partial charge in [-0.2, -0.15) is 10.4 Å². The second-order valence-corrected chi connectivity index (χ2v) is 4.65. The smallest absolute Gasteiger partial charge is 0.195 e. The van der Waals surface area contributed by atoms with Gasteiger partial charge in [-0.3, -0.25) is 10.1 Å². The Morgan fingerprint density at radius 3 is 2.45 bits per heavy atom. The molecule has 112 valence electrons. The highest BCUT2D eigenvalue weighted by Crippen LogP contribution is 2.13. The molecule has 0 bridgehead atoms. The summed E-state index contributed by atoms with van der Waals surface area (Å²) >= 11 is 0. The minimum atomic E-state index is 0. The molecule has 0 aliphatic rings. The molecule has 0 atom stereocenters. The van der Waals surface area contributed by atoms with Crippen LogP contribution in [0, 0.1) is 11.3 Å². The summed E-state index contributed by atoms with van der Waals surface area (Å²) in [4.78, 5) is 8.45. The number of rotatable bonds is 4. The van der Waals surface area contributed by atoms with Gasteiger partial charge in [0.05, 0.1) is 5.69 Å². The monoisotopic (exact) mass is 391 g/mol. The van der Waals surface area contributed by atoms with E-state index in [0.717, 1.165) is 18.1 Å². The summed E-state index contributed by atoms with van der Waals surface area (Å²) in [6.07, 6.45) is 1.55. The summed E-state index contributed by atoms with van der Waals surface area (Å²) in [7, 11) is 7.84. The van der Waals surface area contributed by atoms with Crippen LogP contribution >= 0.6 is 24.0 Å². The lowest BCUT2D eigenvalue weighted by Gasteiger charge is -2.22. The van der Waals surface area contributed by atoms with Gasteiger partial charge in [-0.05, 0) is 12.8 Å². The number of aryl methyl sites for hydroxylation is 1. The molecule has 0 fully saturated rings. The van der Waals surface area contributed by atoms with Crippen LogP contribution in [0.5, 0.6) is 0 Å². The largest absolute Gasteiger partial charge is 0.381 e. The quantitative estimate of drug-likeness (QED) is 0.344. The fourth-order valence-electron chi connectivity index (χ4n) is 1.82. The van der Waals surface area contributed by atoms with E-state index in [2.05, 4.69) is 21.3 Å². The topological polar surface area (TPSA) is 97.3 Å². The molecule has 20 heavy (non-hydrogen) atoms. The van der Waals surface area contributed by atoms with E-state index in [-0.39, 0.29) is 29.8 Å². The summed E-state index contributed by atoms with van der Waals surface area (Å²) in [5.74, 6) is 1.19. The molecule has 0 unspecified atom stereocenters. The number of nitrogen functional groups attached to an aromatic ring is 1. The Morgan fingerprint density at radius 2 is 1.95 bits per heavy atom. The van der Waals surface area contributed by atoms with Gasteiger partial charge in [-0.1, -0.05) is 0 Å². The van der Waals surface area contributed by atoms with E-state index in [4.69, 9.17) is 11.0 Å². The van der Waals surface area contributed by atoms with Gasteiger partial charge in [0.15, 0.2) is 11.8 Å². The zero-order valence-corrected chi connectivity index (χ0v) is 14.7. The summed E-state index contributed by atoms with van der Waals surface area (Å²) in [5, 5.41) is 15.6. The number of hydrogen-bond acceptors (Lipinski definition) is 4. The van der Waals surface area contributed by atoms with Crippen molar-refractivity contribution in [3.63, 3.8) is 0 Å². The number of nitrogens with zero attached hydrogens (tertiary/aromatic N) is 5. The molecule has 0 saturated heterocycles. The summed E-state index contributed by atoms with van der Waals surface area (Å²) in [6.45, 7) is 0.690. The summed E-state index contributed by atoms with van der Waals surface area (Å²) in [5.41, 5.74) is 6.81. The SMILES string of the molecule is CN(C)C(=NCCCc1[nH]nc(N)c1C#N)N(C)C.I. The van der Waals surface area contributed by atoms with Crippen LogP contribution in [-0.4, -0.2) is 60.7 Å². The van der Waals surface area contributed by atoms with Crippen molar-refractivity contribution in [2.24, 2.45) is 4.99 Å². The zero-order valence-electron chi connectivity index (χ0n) is 12.3. The Hall–Kier alpha value is -1.50. The lowest BCUT2D eigenvalue weighted by Crippen LogP contribution is -2.35. The minimum absolute atomic E-state index is 0. The third-order valence-electron chi connectivity index (χ3n) is 2.62. The summed E-state index contributed by atoms with van der Waals surface area (Å²) in [6, 6.07) is 2.06. The molecule has 1 aromatic rings. The molecular formula is C12H22IN7. The second kappa shape index (κ2) is 8.63. The number of H-pyrrole nitrogens is 1. The predicted octanol–water partition coefficient (Wildman–Crippen LogP) is 0.893. The number of nitriles is 1. The van der Waals surface area contributed by atoms with Crippen LogP contribution in [0.4, 0.5) is 5.82 Å². The Bertz CT molecular complexity index is 474. The van der Waals surface area contributed by atoms with Gasteiger partial charge in [0.25, 0.3) is 0 Å². The third-order valence-corrected chi connectivity index (χ3v) is 2.62. The van der Waals surface area contributed by atoms with Crippen LogP contribution in [0.2, 0.25) is 0 Å². The van der Waals surface area contributed by atoms with Gasteiger partial charge in [0.2, 0.25) is 0 Å². The van der Waals surface area contributed by atoms with Gasteiger partial charge < -0.3 is 15.5 Å².